The molecule has 1 atom stereocenters. The molecule has 1 unspecified atom stereocenters. The average molecular weight is 453 g/mol. The van der Waals surface area contributed by atoms with E-state index < -0.39 is 6.04 Å². The zero-order valence-electron chi connectivity index (χ0n) is 19.6. The van der Waals surface area contributed by atoms with Crippen LogP contribution in [0.2, 0.25) is 0 Å². The van der Waals surface area contributed by atoms with E-state index in [0.717, 1.165) is 23.3 Å². The Morgan fingerprint density at radius 3 is 2.16 bits per heavy atom. The lowest BCUT2D eigenvalue weighted by Crippen LogP contribution is -2.52. The van der Waals surface area contributed by atoms with Gasteiger partial charge >= 0.3 is 0 Å². The standard InChI is InChI=1S/C27H36N2O2S/c1-4-25(27(31)28-23-8-6-5-7-9-23)29(18-22-14-10-20(2)11-15-22)26(30)19-32-24-16-12-21(3)13-17-24/h10-17,23,25H,4-9,18-19H2,1-3H3,(H,28,31). The number of benzene rings is 2. The fourth-order valence-corrected chi connectivity index (χ4v) is 5.00. The monoisotopic (exact) mass is 452 g/mol. The molecule has 1 aliphatic rings. The number of thioether (sulfide) groups is 1. The summed E-state index contributed by atoms with van der Waals surface area (Å²) in [6.45, 7) is 6.55. The quantitative estimate of drug-likeness (QED) is 0.500. The van der Waals surface area contributed by atoms with Crippen molar-refractivity contribution in [3.8, 4) is 0 Å². The molecule has 2 amide bonds. The van der Waals surface area contributed by atoms with Crippen LogP contribution in [0.4, 0.5) is 0 Å². The highest BCUT2D eigenvalue weighted by Crippen LogP contribution is 2.22. The zero-order chi connectivity index (χ0) is 22.9. The second-order valence-electron chi connectivity index (χ2n) is 8.88. The molecule has 0 aliphatic heterocycles. The molecule has 0 aromatic heterocycles. The third-order valence-corrected chi connectivity index (χ3v) is 7.19. The van der Waals surface area contributed by atoms with Gasteiger partial charge in [-0.05, 0) is 50.8 Å². The van der Waals surface area contributed by atoms with Crippen LogP contribution in [0.25, 0.3) is 0 Å². The summed E-state index contributed by atoms with van der Waals surface area (Å²) < 4.78 is 0. The van der Waals surface area contributed by atoms with Crippen molar-refractivity contribution >= 4 is 23.6 Å². The summed E-state index contributed by atoms with van der Waals surface area (Å²) in [5, 5.41) is 3.24. The predicted octanol–water partition coefficient (Wildman–Crippen LogP) is 5.65. The van der Waals surface area contributed by atoms with E-state index >= 15 is 0 Å². The number of carbonyl (C=O) groups is 2. The van der Waals surface area contributed by atoms with Crippen LogP contribution >= 0.6 is 11.8 Å². The van der Waals surface area contributed by atoms with Gasteiger partial charge < -0.3 is 10.2 Å². The van der Waals surface area contributed by atoms with Crippen molar-refractivity contribution in [1.82, 2.24) is 10.2 Å². The smallest absolute Gasteiger partial charge is 0.243 e. The van der Waals surface area contributed by atoms with Crippen molar-refractivity contribution in [3.05, 3.63) is 65.2 Å². The Labute approximate surface area is 197 Å². The van der Waals surface area contributed by atoms with Gasteiger partial charge in [-0.25, -0.2) is 0 Å². The summed E-state index contributed by atoms with van der Waals surface area (Å²) in [5.74, 6) is 0.310. The van der Waals surface area contributed by atoms with E-state index in [1.807, 2.05) is 19.1 Å². The van der Waals surface area contributed by atoms with Crippen LogP contribution in [-0.4, -0.2) is 34.6 Å². The van der Waals surface area contributed by atoms with Gasteiger partial charge in [0.25, 0.3) is 0 Å². The molecule has 2 aromatic carbocycles. The maximum Gasteiger partial charge on any atom is 0.243 e. The summed E-state index contributed by atoms with van der Waals surface area (Å²) >= 11 is 1.53. The molecule has 0 radical (unpaired) electrons. The van der Waals surface area contributed by atoms with E-state index in [2.05, 4.69) is 55.6 Å². The van der Waals surface area contributed by atoms with Crippen LogP contribution in [0, 0.1) is 13.8 Å². The van der Waals surface area contributed by atoms with Crippen molar-refractivity contribution in [2.24, 2.45) is 0 Å². The molecule has 0 heterocycles. The maximum atomic E-state index is 13.4. The van der Waals surface area contributed by atoms with E-state index in [4.69, 9.17) is 0 Å². The van der Waals surface area contributed by atoms with Crippen LogP contribution in [0.1, 0.15) is 62.1 Å². The molecule has 2 aromatic rings. The van der Waals surface area contributed by atoms with Gasteiger partial charge in [0.15, 0.2) is 0 Å². The fraction of sp³-hybridized carbons (Fsp3) is 0.481. The van der Waals surface area contributed by atoms with Crippen molar-refractivity contribution < 1.29 is 9.59 Å². The number of rotatable bonds is 9. The molecular formula is C27H36N2O2S. The minimum atomic E-state index is -0.454. The SMILES string of the molecule is CCC(C(=O)NC1CCCCC1)N(Cc1ccc(C)cc1)C(=O)CSc1ccc(C)cc1. The lowest BCUT2D eigenvalue weighted by Gasteiger charge is -2.32. The highest BCUT2D eigenvalue weighted by Gasteiger charge is 2.30. The number of hydrogen-bond donors (Lipinski definition) is 1. The normalized spacial score (nSPS) is 15.2. The Bertz CT molecular complexity index is 874. The van der Waals surface area contributed by atoms with Gasteiger partial charge in [-0.15, -0.1) is 11.8 Å². The molecule has 1 fully saturated rings. The van der Waals surface area contributed by atoms with Crippen LogP contribution < -0.4 is 5.32 Å². The van der Waals surface area contributed by atoms with Crippen LogP contribution in [0.15, 0.2) is 53.4 Å². The van der Waals surface area contributed by atoms with Gasteiger partial charge in [-0.2, -0.15) is 0 Å². The molecule has 0 saturated heterocycles. The first kappa shape index (κ1) is 24.4. The maximum absolute atomic E-state index is 13.4. The van der Waals surface area contributed by atoms with Crippen molar-refractivity contribution in [2.45, 2.75) is 82.8 Å². The predicted molar refractivity (Wildman–Crippen MR) is 133 cm³/mol. The Kier molecular flexibility index (Phi) is 9.22. The first-order valence-electron chi connectivity index (χ1n) is 11.8. The van der Waals surface area contributed by atoms with Gasteiger partial charge in [-0.1, -0.05) is 73.7 Å². The van der Waals surface area contributed by atoms with Crippen molar-refractivity contribution in [3.63, 3.8) is 0 Å². The van der Waals surface area contributed by atoms with Gasteiger partial charge in [0.2, 0.25) is 11.8 Å². The highest BCUT2D eigenvalue weighted by atomic mass is 32.2. The summed E-state index contributed by atoms with van der Waals surface area (Å²) in [6.07, 6.45) is 6.26. The van der Waals surface area contributed by atoms with Gasteiger partial charge in [-0.3, -0.25) is 9.59 Å². The topological polar surface area (TPSA) is 49.4 Å². The van der Waals surface area contributed by atoms with Crippen molar-refractivity contribution in [2.75, 3.05) is 5.75 Å². The molecule has 1 N–H and O–H groups in total. The first-order chi connectivity index (χ1) is 15.5. The van der Waals surface area contributed by atoms with E-state index in [1.165, 1.54) is 42.2 Å². The zero-order valence-corrected chi connectivity index (χ0v) is 20.4. The second-order valence-corrected chi connectivity index (χ2v) is 9.93. The Hall–Kier alpha value is -2.27. The number of amides is 2. The minimum Gasteiger partial charge on any atom is -0.352 e. The van der Waals surface area contributed by atoms with Crippen molar-refractivity contribution in [1.29, 1.82) is 0 Å². The molecular weight excluding hydrogens is 416 g/mol. The van der Waals surface area contributed by atoms with Crippen LogP contribution in [-0.2, 0) is 16.1 Å². The number of nitrogens with zero attached hydrogens (tertiary/aromatic N) is 1. The summed E-state index contributed by atoms with van der Waals surface area (Å²) in [6, 6.07) is 16.2. The minimum absolute atomic E-state index is 0.00166. The van der Waals surface area contributed by atoms with E-state index in [9.17, 15) is 9.59 Å². The number of nitrogens with one attached hydrogen (secondary N) is 1. The molecule has 0 spiro atoms. The van der Waals surface area contributed by atoms with Gasteiger partial charge in [0.1, 0.15) is 6.04 Å². The van der Waals surface area contributed by atoms with Gasteiger partial charge in [0.05, 0.1) is 5.75 Å². The lowest BCUT2D eigenvalue weighted by atomic mass is 9.95. The molecule has 4 nitrogen and oxygen atoms in total. The largest absolute Gasteiger partial charge is 0.352 e. The molecule has 5 heteroatoms. The number of hydrogen-bond acceptors (Lipinski definition) is 3. The highest BCUT2D eigenvalue weighted by molar-refractivity contribution is 8.00. The van der Waals surface area contributed by atoms with E-state index in [0.29, 0.717) is 18.7 Å². The molecule has 1 aliphatic carbocycles. The van der Waals surface area contributed by atoms with Crippen LogP contribution in [0.5, 0.6) is 0 Å². The molecule has 172 valence electrons. The molecule has 0 bridgehead atoms. The lowest BCUT2D eigenvalue weighted by molar-refractivity contribution is -0.139. The number of aryl methyl sites for hydroxylation is 2. The molecule has 3 rings (SSSR count). The van der Waals surface area contributed by atoms with Crippen LogP contribution in [0.3, 0.4) is 0 Å². The third-order valence-electron chi connectivity index (χ3n) is 6.19. The second kappa shape index (κ2) is 12.1. The van der Waals surface area contributed by atoms with E-state index in [-0.39, 0.29) is 17.9 Å². The molecule has 1 saturated carbocycles. The Balaban J connectivity index is 1.73. The Morgan fingerprint density at radius 1 is 0.969 bits per heavy atom. The fourth-order valence-electron chi connectivity index (χ4n) is 4.22. The van der Waals surface area contributed by atoms with Gasteiger partial charge in [0, 0.05) is 17.5 Å². The van der Waals surface area contributed by atoms with E-state index in [1.54, 1.807) is 4.90 Å². The average Bonchev–Trinajstić information content (AvgIpc) is 2.80. The first-order valence-corrected chi connectivity index (χ1v) is 12.8. The summed E-state index contributed by atoms with van der Waals surface area (Å²) in [7, 11) is 0. The summed E-state index contributed by atoms with van der Waals surface area (Å²) in [4.78, 5) is 29.5. The summed E-state index contributed by atoms with van der Waals surface area (Å²) in [5.41, 5.74) is 3.43. The third kappa shape index (κ3) is 7.13. The Morgan fingerprint density at radius 2 is 1.56 bits per heavy atom. The molecule has 32 heavy (non-hydrogen) atoms. The number of carbonyl (C=O) groups excluding carboxylic acids is 2.